The molecule has 4 rings (SSSR count). The summed E-state index contributed by atoms with van der Waals surface area (Å²) >= 11 is 13.9. The number of carboxylic acid groups (broad SMARTS) is 1. The zero-order chi connectivity index (χ0) is 25.6. The zero-order valence-corrected chi connectivity index (χ0v) is 20.7. The molecule has 0 amide bonds. The molecule has 1 fully saturated rings. The van der Waals surface area contributed by atoms with E-state index < -0.39 is 12.1 Å². The van der Waals surface area contributed by atoms with Gasteiger partial charge < -0.3 is 15.3 Å². The second kappa shape index (κ2) is 11.9. The summed E-state index contributed by atoms with van der Waals surface area (Å²) in [4.78, 5) is 21.7. The van der Waals surface area contributed by atoms with Crippen molar-refractivity contribution in [3.8, 4) is 10.6 Å². The van der Waals surface area contributed by atoms with Crippen LogP contribution in [0.1, 0.15) is 25.7 Å². The van der Waals surface area contributed by atoms with Crippen LogP contribution < -0.4 is 5.32 Å². The molecule has 3 N–H and O–H groups in total. The molecule has 7 nitrogen and oxygen atoms in total. The number of likely N-dealkylation sites (tertiary alicyclic amines) is 1. The first kappa shape index (κ1) is 27.0. The van der Waals surface area contributed by atoms with Crippen LogP contribution in [0.2, 0.25) is 10.0 Å². The maximum Gasteiger partial charge on any atom is 0.490 e. The molecule has 1 aromatic carbocycles. The number of aromatic nitrogens is 2. The summed E-state index contributed by atoms with van der Waals surface area (Å²) in [7, 11) is 0. The highest BCUT2D eigenvalue weighted by Gasteiger charge is 2.38. The molecule has 1 aliphatic rings. The SMILES string of the molecule is N=C(CCCNc1nc2cc(Cl)c(Cl)cc2nc1-c1cccs1)N1CCCC1.O=C(O)C(F)(F)F. The lowest BCUT2D eigenvalue weighted by Gasteiger charge is -2.18. The van der Waals surface area contributed by atoms with Gasteiger partial charge in [-0.05, 0) is 42.8 Å². The van der Waals surface area contributed by atoms with Gasteiger partial charge in [0.25, 0.3) is 0 Å². The molecule has 0 bridgehead atoms. The van der Waals surface area contributed by atoms with E-state index in [9.17, 15) is 13.2 Å². The second-order valence-corrected chi connectivity index (χ2v) is 9.39. The maximum atomic E-state index is 10.6. The van der Waals surface area contributed by atoms with Gasteiger partial charge in [-0.2, -0.15) is 13.2 Å². The fourth-order valence-electron chi connectivity index (χ4n) is 3.37. The van der Waals surface area contributed by atoms with Crippen molar-refractivity contribution in [3.63, 3.8) is 0 Å². The molecule has 3 aromatic rings. The van der Waals surface area contributed by atoms with Gasteiger partial charge in [0, 0.05) is 26.1 Å². The Kier molecular flexibility index (Phi) is 9.15. The van der Waals surface area contributed by atoms with Crippen LogP contribution in [-0.2, 0) is 4.79 Å². The van der Waals surface area contributed by atoms with Crippen molar-refractivity contribution in [1.82, 2.24) is 14.9 Å². The average molecular weight is 548 g/mol. The van der Waals surface area contributed by atoms with Crippen molar-refractivity contribution in [3.05, 3.63) is 39.7 Å². The number of carbonyl (C=O) groups is 1. The second-order valence-electron chi connectivity index (χ2n) is 7.63. The van der Waals surface area contributed by atoms with Gasteiger partial charge in [0.05, 0.1) is 31.8 Å². The van der Waals surface area contributed by atoms with E-state index >= 15 is 0 Å². The largest absolute Gasteiger partial charge is 0.490 e. The Morgan fingerprint density at radius 1 is 1.17 bits per heavy atom. The van der Waals surface area contributed by atoms with Crippen LogP contribution in [-0.4, -0.2) is 57.6 Å². The maximum absolute atomic E-state index is 10.6. The van der Waals surface area contributed by atoms with E-state index in [0.717, 1.165) is 60.2 Å². The van der Waals surface area contributed by atoms with E-state index in [-0.39, 0.29) is 0 Å². The molecule has 13 heteroatoms. The third-order valence-corrected chi connectivity index (χ3v) is 6.67. The number of carboxylic acids is 1. The minimum atomic E-state index is -5.08. The van der Waals surface area contributed by atoms with Crippen LogP contribution in [0.25, 0.3) is 21.6 Å². The predicted octanol–water partition coefficient (Wildman–Crippen LogP) is 6.56. The van der Waals surface area contributed by atoms with Crippen LogP contribution in [0, 0.1) is 5.41 Å². The third kappa shape index (κ3) is 7.42. The van der Waals surface area contributed by atoms with Gasteiger partial charge in [-0.25, -0.2) is 14.8 Å². The fourth-order valence-corrected chi connectivity index (χ4v) is 4.40. The molecule has 0 radical (unpaired) electrons. The Morgan fingerprint density at radius 2 is 1.77 bits per heavy atom. The summed E-state index contributed by atoms with van der Waals surface area (Å²) in [6, 6.07) is 7.54. The van der Waals surface area contributed by atoms with Crippen molar-refractivity contribution < 1.29 is 23.1 Å². The van der Waals surface area contributed by atoms with Crippen molar-refractivity contribution in [1.29, 1.82) is 5.41 Å². The van der Waals surface area contributed by atoms with Gasteiger partial charge in [0.15, 0.2) is 5.82 Å². The van der Waals surface area contributed by atoms with Crippen molar-refractivity contribution in [2.75, 3.05) is 25.0 Å². The van der Waals surface area contributed by atoms with Gasteiger partial charge in [-0.3, -0.25) is 5.41 Å². The number of amidine groups is 1. The number of rotatable bonds is 6. The Hall–Kier alpha value is -2.63. The molecule has 0 unspecified atom stereocenters. The minimum Gasteiger partial charge on any atom is -0.475 e. The lowest BCUT2D eigenvalue weighted by Crippen LogP contribution is -2.27. The molecule has 3 heterocycles. The Morgan fingerprint density at radius 3 is 2.31 bits per heavy atom. The molecule has 2 aromatic heterocycles. The van der Waals surface area contributed by atoms with Gasteiger partial charge >= 0.3 is 12.1 Å². The van der Waals surface area contributed by atoms with Crippen LogP contribution in [0.5, 0.6) is 0 Å². The summed E-state index contributed by atoms with van der Waals surface area (Å²) in [6.45, 7) is 2.78. The number of aliphatic carboxylic acids is 1. The van der Waals surface area contributed by atoms with Gasteiger partial charge in [0.2, 0.25) is 0 Å². The molecular weight excluding hydrogens is 526 g/mol. The van der Waals surface area contributed by atoms with Crippen molar-refractivity contribution in [2.45, 2.75) is 31.9 Å². The number of nitrogens with one attached hydrogen (secondary N) is 2. The van der Waals surface area contributed by atoms with Crippen LogP contribution in [0.15, 0.2) is 29.6 Å². The van der Waals surface area contributed by atoms with E-state index in [4.69, 9.17) is 48.5 Å². The normalized spacial score (nSPS) is 13.5. The first-order chi connectivity index (χ1) is 16.6. The van der Waals surface area contributed by atoms with Crippen LogP contribution >= 0.6 is 34.5 Å². The van der Waals surface area contributed by atoms with Gasteiger partial charge in [-0.1, -0.05) is 29.3 Å². The lowest BCUT2D eigenvalue weighted by molar-refractivity contribution is -0.192. The topological polar surface area (TPSA) is 102 Å². The van der Waals surface area contributed by atoms with Crippen LogP contribution in [0.4, 0.5) is 19.0 Å². The molecule has 35 heavy (non-hydrogen) atoms. The van der Waals surface area contributed by atoms with Crippen molar-refractivity contribution in [2.24, 2.45) is 0 Å². The van der Waals surface area contributed by atoms with Crippen molar-refractivity contribution >= 4 is 63.2 Å². The number of hydrogen-bond acceptors (Lipinski definition) is 6. The highest BCUT2D eigenvalue weighted by Crippen LogP contribution is 2.33. The summed E-state index contributed by atoms with van der Waals surface area (Å²) < 4.78 is 31.7. The number of nitrogens with zero attached hydrogens (tertiary/aromatic N) is 3. The summed E-state index contributed by atoms with van der Waals surface area (Å²) in [5.41, 5.74) is 2.25. The number of thiophene rings is 1. The van der Waals surface area contributed by atoms with Gasteiger partial charge in [-0.15, -0.1) is 11.3 Å². The highest BCUT2D eigenvalue weighted by molar-refractivity contribution is 7.13. The lowest BCUT2D eigenvalue weighted by atomic mass is 10.2. The molecule has 0 saturated carbocycles. The predicted molar refractivity (Wildman–Crippen MR) is 133 cm³/mol. The average Bonchev–Trinajstić information content (AvgIpc) is 3.51. The monoisotopic (exact) mass is 547 g/mol. The summed E-state index contributed by atoms with van der Waals surface area (Å²) in [5.74, 6) is -1.28. The summed E-state index contributed by atoms with van der Waals surface area (Å²) in [5, 5.41) is 21.7. The molecule has 188 valence electrons. The number of hydrogen-bond donors (Lipinski definition) is 3. The number of fused-ring (bicyclic) bond motifs is 1. The Bertz CT molecular complexity index is 1190. The van der Waals surface area contributed by atoms with Crippen LogP contribution in [0.3, 0.4) is 0 Å². The molecule has 1 saturated heterocycles. The first-order valence-electron chi connectivity index (χ1n) is 10.6. The molecular formula is C22H22Cl2F3N5O2S. The molecule has 0 aliphatic carbocycles. The number of benzene rings is 1. The number of alkyl halides is 3. The highest BCUT2D eigenvalue weighted by atomic mass is 35.5. The zero-order valence-electron chi connectivity index (χ0n) is 18.3. The quantitative estimate of drug-likeness (QED) is 0.183. The van der Waals surface area contributed by atoms with Gasteiger partial charge in [0.1, 0.15) is 5.69 Å². The first-order valence-corrected chi connectivity index (χ1v) is 12.3. The number of anilines is 1. The van der Waals surface area contributed by atoms with E-state index in [1.165, 1.54) is 12.8 Å². The fraction of sp³-hybridized carbons (Fsp3) is 0.364. The summed E-state index contributed by atoms with van der Waals surface area (Å²) in [6.07, 6.45) is -1.04. The molecule has 0 spiro atoms. The van der Waals surface area contributed by atoms with E-state index in [1.807, 2.05) is 17.5 Å². The van der Waals surface area contributed by atoms with E-state index in [2.05, 4.69) is 10.2 Å². The van der Waals surface area contributed by atoms with E-state index in [1.54, 1.807) is 23.5 Å². The molecule has 0 atom stereocenters. The smallest absolute Gasteiger partial charge is 0.475 e. The standard InChI is InChI=1S/C20H21Cl2N5S.C2HF3O2/c21-13-11-15-16(12-14(13)22)26-20(19(25-15)17-5-4-10-28-17)24-7-3-6-18(23)27-8-1-2-9-27;3-2(4,5)1(6)7/h4-5,10-12,23H,1-3,6-9H2,(H,24,26);(H,6,7). The molecule has 1 aliphatic heterocycles. The Balaban J connectivity index is 0.000000429. The Labute approximate surface area is 213 Å². The van der Waals surface area contributed by atoms with E-state index in [0.29, 0.717) is 15.6 Å². The number of halogens is 5. The minimum absolute atomic E-state index is 0.470. The third-order valence-electron chi connectivity index (χ3n) is 5.07.